The highest BCUT2D eigenvalue weighted by Crippen LogP contribution is 2.27. The van der Waals surface area contributed by atoms with Crippen LogP contribution in [0.2, 0.25) is 5.15 Å². The third-order valence-electron chi connectivity index (χ3n) is 3.35. The molecule has 0 bridgehead atoms. The van der Waals surface area contributed by atoms with Crippen LogP contribution in [-0.4, -0.2) is 17.4 Å². The van der Waals surface area contributed by atoms with Crippen LogP contribution in [0.5, 0.6) is 0 Å². The summed E-state index contributed by atoms with van der Waals surface area (Å²) in [6.07, 6.45) is 0. The number of halogens is 2. The van der Waals surface area contributed by atoms with Crippen molar-refractivity contribution in [2.45, 2.75) is 17.1 Å². The second kappa shape index (κ2) is 5.68. The molecule has 0 amide bonds. The van der Waals surface area contributed by atoms with E-state index < -0.39 is 10.0 Å². The number of alkyl halides is 1. The van der Waals surface area contributed by atoms with E-state index in [2.05, 4.69) is 20.9 Å². The fourth-order valence-corrected chi connectivity index (χ4v) is 4.55. The number of nitrogens with zero attached hydrogens (tertiary/aromatic N) is 2. The highest BCUT2D eigenvalue weighted by Gasteiger charge is 2.23. The number of rotatable bonds is 3. The van der Waals surface area contributed by atoms with Crippen molar-refractivity contribution >= 4 is 48.6 Å². The summed E-state index contributed by atoms with van der Waals surface area (Å²) in [5.41, 5.74) is 2.67. The van der Waals surface area contributed by atoms with Crippen molar-refractivity contribution < 1.29 is 8.42 Å². The molecular formula is C15H12BrClN2O2S. The van der Waals surface area contributed by atoms with E-state index in [0.717, 1.165) is 5.56 Å². The maximum absolute atomic E-state index is 13.0. The average Bonchev–Trinajstić information content (AvgIpc) is 2.85. The van der Waals surface area contributed by atoms with Gasteiger partial charge in [0.25, 0.3) is 10.0 Å². The molecule has 3 rings (SSSR count). The predicted molar refractivity (Wildman–Crippen MR) is 91.1 cm³/mol. The van der Waals surface area contributed by atoms with E-state index >= 15 is 0 Å². The molecule has 0 radical (unpaired) electrons. The van der Waals surface area contributed by atoms with Crippen LogP contribution in [0.3, 0.4) is 0 Å². The van der Waals surface area contributed by atoms with E-state index in [9.17, 15) is 8.42 Å². The average molecular weight is 400 g/mol. The Morgan fingerprint density at radius 2 is 1.86 bits per heavy atom. The molecule has 2 heterocycles. The van der Waals surface area contributed by atoms with Crippen LogP contribution in [0.25, 0.3) is 11.0 Å². The predicted octanol–water partition coefficient (Wildman–Crippen LogP) is 4.13. The van der Waals surface area contributed by atoms with Crippen molar-refractivity contribution in [2.24, 2.45) is 0 Å². The third-order valence-corrected chi connectivity index (χ3v) is 5.91. The fourth-order valence-electron chi connectivity index (χ4n) is 2.28. The highest BCUT2D eigenvalue weighted by molar-refractivity contribution is 9.08. The van der Waals surface area contributed by atoms with Crippen LogP contribution in [0.4, 0.5) is 0 Å². The van der Waals surface area contributed by atoms with Gasteiger partial charge in [0.1, 0.15) is 5.15 Å². The molecule has 0 aliphatic heterocycles. The van der Waals surface area contributed by atoms with Gasteiger partial charge in [0.05, 0.1) is 15.9 Å². The quantitative estimate of drug-likeness (QED) is 0.491. The van der Waals surface area contributed by atoms with Gasteiger partial charge in [-0.1, -0.05) is 45.2 Å². The molecule has 0 spiro atoms. The van der Waals surface area contributed by atoms with Gasteiger partial charge in [0.15, 0.2) is 0 Å². The summed E-state index contributed by atoms with van der Waals surface area (Å²) in [6.45, 7) is 1.91. The molecule has 0 atom stereocenters. The molecule has 1 aromatic carbocycles. The van der Waals surface area contributed by atoms with Gasteiger partial charge in [-0.3, -0.25) is 0 Å². The zero-order valence-electron chi connectivity index (χ0n) is 11.6. The number of aromatic nitrogens is 2. The van der Waals surface area contributed by atoms with Crippen LogP contribution < -0.4 is 0 Å². The molecule has 0 aliphatic rings. The van der Waals surface area contributed by atoms with Crippen LogP contribution in [0.1, 0.15) is 11.3 Å². The van der Waals surface area contributed by atoms with Crippen LogP contribution in [-0.2, 0) is 15.4 Å². The lowest BCUT2D eigenvalue weighted by Gasteiger charge is -2.11. The topological polar surface area (TPSA) is 52.0 Å². The molecule has 2 aromatic heterocycles. The molecule has 7 heteroatoms. The van der Waals surface area contributed by atoms with Crippen molar-refractivity contribution in [2.75, 3.05) is 0 Å². The second-order valence-corrected chi connectivity index (χ2v) is 7.62. The first-order valence-corrected chi connectivity index (χ1v) is 9.42. The number of fused-ring (bicyclic) bond motifs is 1. The molecule has 0 aliphatic carbocycles. The Bertz CT molecular complexity index is 950. The lowest BCUT2D eigenvalue weighted by Crippen LogP contribution is -2.15. The van der Waals surface area contributed by atoms with Gasteiger partial charge in [0.2, 0.25) is 0 Å². The Balaban J connectivity index is 2.30. The minimum absolute atomic E-state index is 0.243. The van der Waals surface area contributed by atoms with Gasteiger partial charge in [-0.05, 0) is 37.3 Å². The van der Waals surface area contributed by atoms with Crippen molar-refractivity contribution in [3.8, 4) is 0 Å². The minimum Gasteiger partial charge on any atom is -0.235 e. The van der Waals surface area contributed by atoms with Gasteiger partial charge in [-0.2, -0.15) is 0 Å². The Labute approximate surface area is 141 Å². The number of pyridine rings is 1. The van der Waals surface area contributed by atoms with E-state index in [0.29, 0.717) is 27.2 Å². The van der Waals surface area contributed by atoms with E-state index in [1.165, 1.54) is 3.97 Å². The lowest BCUT2D eigenvalue weighted by molar-refractivity contribution is 0.588. The monoisotopic (exact) mass is 398 g/mol. The Morgan fingerprint density at radius 3 is 2.50 bits per heavy atom. The Morgan fingerprint density at radius 1 is 1.18 bits per heavy atom. The van der Waals surface area contributed by atoms with Crippen LogP contribution >= 0.6 is 27.5 Å². The maximum atomic E-state index is 13.0. The third kappa shape index (κ3) is 2.55. The largest absolute Gasteiger partial charge is 0.268 e. The summed E-state index contributed by atoms with van der Waals surface area (Å²) in [6, 6.07) is 11.8. The van der Waals surface area contributed by atoms with E-state index in [4.69, 9.17) is 11.6 Å². The Kier molecular flexibility index (Phi) is 4.01. The first-order chi connectivity index (χ1) is 10.4. The molecule has 3 aromatic rings. The molecule has 0 unspecified atom stereocenters. The van der Waals surface area contributed by atoms with Crippen LogP contribution in [0.15, 0.2) is 47.4 Å². The summed E-state index contributed by atoms with van der Waals surface area (Å²) in [5, 5.41) is 0.727. The summed E-state index contributed by atoms with van der Waals surface area (Å²) < 4.78 is 27.2. The number of hydrogen-bond donors (Lipinski definition) is 0. The normalized spacial score (nSPS) is 12.0. The van der Waals surface area contributed by atoms with Gasteiger partial charge < -0.3 is 0 Å². The summed E-state index contributed by atoms with van der Waals surface area (Å²) in [5.74, 6) is 0. The molecule has 0 fully saturated rings. The zero-order chi connectivity index (χ0) is 15.9. The van der Waals surface area contributed by atoms with Gasteiger partial charge in [-0.15, -0.1) is 0 Å². The summed E-state index contributed by atoms with van der Waals surface area (Å²) in [7, 11) is -3.69. The van der Waals surface area contributed by atoms with Gasteiger partial charge in [0, 0.05) is 11.0 Å². The first-order valence-electron chi connectivity index (χ1n) is 6.48. The molecule has 0 saturated carbocycles. The number of benzene rings is 1. The minimum atomic E-state index is -3.69. The fraction of sp³-hybridized carbons (Fsp3) is 0.133. The van der Waals surface area contributed by atoms with E-state index in [1.807, 2.05) is 6.92 Å². The number of aryl methyl sites for hydroxylation is 1. The van der Waals surface area contributed by atoms with Crippen molar-refractivity contribution in [3.63, 3.8) is 0 Å². The molecule has 114 valence electrons. The molecule has 22 heavy (non-hydrogen) atoms. The maximum Gasteiger partial charge on any atom is 0.268 e. The lowest BCUT2D eigenvalue weighted by atomic mass is 10.2. The molecular weight excluding hydrogens is 388 g/mol. The SMILES string of the molecule is Cc1ccc(S(=O)(=O)n2c(CBr)cc3nc(Cl)ccc32)cc1. The number of hydrogen-bond acceptors (Lipinski definition) is 3. The van der Waals surface area contributed by atoms with Crippen molar-refractivity contribution in [1.82, 2.24) is 8.96 Å². The highest BCUT2D eigenvalue weighted by atomic mass is 79.9. The van der Waals surface area contributed by atoms with E-state index in [-0.39, 0.29) is 4.90 Å². The molecule has 4 nitrogen and oxygen atoms in total. The summed E-state index contributed by atoms with van der Waals surface area (Å²) in [4.78, 5) is 4.43. The second-order valence-electron chi connectivity index (χ2n) is 4.89. The van der Waals surface area contributed by atoms with E-state index in [1.54, 1.807) is 42.5 Å². The Hall–Kier alpha value is -1.37. The molecule has 0 saturated heterocycles. The first kappa shape index (κ1) is 15.5. The molecule has 0 N–H and O–H groups in total. The zero-order valence-corrected chi connectivity index (χ0v) is 14.8. The van der Waals surface area contributed by atoms with Crippen molar-refractivity contribution in [3.05, 3.63) is 58.9 Å². The van der Waals surface area contributed by atoms with Crippen molar-refractivity contribution in [1.29, 1.82) is 0 Å². The van der Waals surface area contributed by atoms with Crippen LogP contribution in [0, 0.1) is 6.92 Å². The van der Waals surface area contributed by atoms with Gasteiger partial charge >= 0.3 is 0 Å². The smallest absolute Gasteiger partial charge is 0.235 e. The summed E-state index contributed by atoms with van der Waals surface area (Å²) >= 11 is 9.23. The standard InChI is InChI=1S/C15H12BrClN2O2S/c1-10-2-4-12(5-3-10)22(20,21)19-11(9-16)8-13-14(19)6-7-15(17)18-13/h2-8H,9H2,1H3. The van der Waals surface area contributed by atoms with Gasteiger partial charge in [-0.25, -0.2) is 17.4 Å².